The van der Waals surface area contributed by atoms with Crippen LogP contribution >= 0.6 is 12.4 Å². The smallest absolute Gasteiger partial charge is 0.313 e. The fourth-order valence-corrected chi connectivity index (χ4v) is 2.47. The molecule has 118 valence electrons. The maximum atomic E-state index is 11.9. The molecular weight excluding hydrogens is 280 g/mol. The summed E-state index contributed by atoms with van der Waals surface area (Å²) in [6, 6.07) is 0.133. The molecule has 2 unspecified atom stereocenters. The van der Waals surface area contributed by atoms with Crippen molar-refractivity contribution in [3.63, 3.8) is 0 Å². The number of nitrogens with one attached hydrogen (secondary N) is 1. The molecule has 3 N–H and O–H groups in total. The molecule has 1 amide bonds. The van der Waals surface area contributed by atoms with E-state index in [9.17, 15) is 9.59 Å². The third-order valence-corrected chi connectivity index (χ3v) is 3.88. The van der Waals surface area contributed by atoms with Crippen LogP contribution in [0.2, 0.25) is 0 Å². The summed E-state index contributed by atoms with van der Waals surface area (Å²) < 4.78 is 4.70. The Labute approximate surface area is 127 Å². The number of esters is 1. The summed E-state index contributed by atoms with van der Waals surface area (Å²) in [4.78, 5) is 23.4. The molecule has 0 aliphatic heterocycles. The van der Waals surface area contributed by atoms with Gasteiger partial charge in [-0.1, -0.05) is 12.8 Å². The van der Waals surface area contributed by atoms with E-state index in [1.165, 1.54) is 7.11 Å². The van der Waals surface area contributed by atoms with E-state index in [2.05, 4.69) is 5.32 Å². The lowest BCUT2D eigenvalue weighted by Crippen LogP contribution is -2.42. The van der Waals surface area contributed by atoms with Crippen LogP contribution < -0.4 is 11.1 Å². The van der Waals surface area contributed by atoms with Crippen LogP contribution in [0.5, 0.6) is 0 Å². The van der Waals surface area contributed by atoms with Crippen molar-refractivity contribution in [3.8, 4) is 0 Å². The van der Waals surface area contributed by atoms with Gasteiger partial charge >= 0.3 is 5.97 Å². The Morgan fingerprint density at radius 2 is 1.90 bits per heavy atom. The molecule has 1 aliphatic rings. The van der Waals surface area contributed by atoms with E-state index in [0.717, 1.165) is 25.7 Å². The second-order valence-corrected chi connectivity index (χ2v) is 6.06. The highest BCUT2D eigenvalue weighted by Crippen LogP contribution is 2.25. The minimum atomic E-state index is -0.695. The van der Waals surface area contributed by atoms with Gasteiger partial charge in [0.1, 0.15) is 0 Å². The first-order chi connectivity index (χ1) is 8.86. The molecule has 20 heavy (non-hydrogen) atoms. The first-order valence-electron chi connectivity index (χ1n) is 6.97. The Kier molecular flexibility index (Phi) is 8.13. The van der Waals surface area contributed by atoms with Crippen LogP contribution in [0.25, 0.3) is 0 Å². The number of methoxy groups -OCH3 is 1. The molecule has 0 heterocycles. The van der Waals surface area contributed by atoms with Crippen molar-refractivity contribution in [2.45, 2.75) is 52.0 Å². The van der Waals surface area contributed by atoms with E-state index in [-0.39, 0.29) is 36.2 Å². The van der Waals surface area contributed by atoms with E-state index in [4.69, 9.17) is 10.5 Å². The molecule has 1 rings (SSSR count). The van der Waals surface area contributed by atoms with Crippen LogP contribution in [-0.2, 0) is 14.3 Å². The summed E-state index contributed by atoms with van der Waals surface area (Å²) in [5.74, 6) is -0.0727. The molecule has 6 heteroatoms. The number of halogens is 1. The number of rotatable bonds is 5. The van der Waals surface area contributed by atoms with Crippen molar-refractivity contribution in [1.29, 1.82) is 0 Å². The van der Waals surface area contributed by atoms with Gasteiger partial charge in [-0.05, 0) is 32.6 Å². The molecule has 0 bridgehead atoms. The van der Waals surface area contributed by atoms with Crippen LogP contribution in [0.3, 0.4) is 0 Å². The van der Waals surface area contributed by atoms with E-state index >= 15 is 0 Å². The van der Waals surface area contributed by atoms with Crippen molar-refractivity contribution in [3.05, 3.63) is 0 Å². The molecule has 0 aromatic heterocycles. The summed E-state index contributed by atoms with van der Waals surface area (Å²) in [7, 11) is 1.35. The number of carbonyl (C=O) groups is 2. The van der Waals surface area contributed by atoms with Crippen molar-refractivity contribution in [1.82, 2.24) is 5.32 Å². The fraction of sp³-hybridized carbons (Fsp3) is 0.857. The van der Waals surface area contributed by atoms with E-state index in [0.29, 0.717) is 13.0 Å². The minimum absolute atomic E-state index is 0. The van der Waals surface area contributed by atoms with Gasteiger partial charge < -0.3 is 15.8 Å². The lowest BCUT2D eigenvalue weighted by Gasteiger charge is -2.28. The molecule has 0 radical (unpaired) electrons. The zero-order valence-corrected chi connectivity index (χ0v) is 13.4. The summed E-state index contributed by atoms with van der Waals surface area (Å²) in [5, 5.41) is 2.81. The van der Waals surface area contributed by atoms with Crippen molar-refractivity contribution < 1.29 is 14.3 Å². The number of amides is 1. The van der Waals surface area contributed by atoms with E-state index < -0.39 is 5.41 Å². The summed E-state index contributed by atoms with van der Waals surface area (Å²) in [5.41, 5.74) is 5.33. The molecule has 0 spiro atoms. The van der Waals surface area contributed by atoms with Gasteiger partial charge in [0.25, 0.3) is 0 Å². The molecule has 5 nitrogen and oxygen atoms in total. The molecule has 1 fully saturated rings. The Hall–Kier alpha value is -0.810. The number of ether oxygens (including phenoxy) is 1. The summed E-state index contributed by atoms with van der Waals surface area (Å²) in [6.45, 7) is 3.80. The van der Waals surface area contributed by atoms with Gasteiger partial charge in [0.05, 0.1) is 12.5 Å². The van der Waals surface area contributed by atoms with Crippen molar-refractivity contribution >= 4 is 24.3 Å². The van der Waals surface area contributed by atoms with Gasteiger partial charge in [0, 0.05) is 19.0 Å². The molecule has 2 atom stereocenters. The third kappa shape index (κ3) is 5.67. The quantitative estimate of drug-likeness (QED) is 0.756. The van der Waals surface area contributed by atoms with Crippen LogP contribution in [0.15, 0.2) is 0 Å². The Morgan fingerprint density at radius 3 is 2.45 bits per heavy atom. The van der Waals surface area contributed by atoms with Crippen LogP contribution in [0.4, 0.5) is 0 Å². The Balaban J connectivity index is 0.00000361. The standard InChI is InChI=1S/C14H26N2O3.ClH/c1-14(2,13(18)19-3)9-16-12(17)8-10-6-4-5-7-11(10)15;/h10-11H,4-9,15H2,1-3H3,(H,16,17);1H. The summed E-state index contributed by atoms with van der Waals surface area (Å²) in [6.07, 6.45) is 4.80. The monoisotopic (exact) mass is 306 g/mol. The van der Waals surface area contributed by atoms with Crippen molar-refractivity contribution in [2.24, 2.45) is 17.1 Å². The highest BCUT2D eigenvalue weighted by molar-refractivity contribution is 5.85. The van der Waals surface area contributed by atoms with Gasteiger partial charge in [-0.15, -0.1) is 12.4 Å². The van der Waals surface area contributed by atoms with Crippen molar-refractivity contribution in [2.75, 3.05) is 13.7 Å². The maximum Gasteiger partial charge on any atom is 0.313 e. The van der Waals surface area contributed by atoms with E-state index in [1.54, 1.807) is 13.8 Å². The third-order valence-electron chi connectivity index (χ3n) is 3.88. The predicted octanol–water partition coefficient (Wildman–Crippen LogP) is 1.63. The second kappa shape index (κ2) is 8.47. The minimum Gasteiger partial charge on any atom is -0.469 e. The highest BCUT2D eigenvalue weighted by Gasteiger charge is 2.30. The second-order valence-electron chi connectivity index (χ2n) is 6.06. The summed E-state index contributed by atoms with van der Waals surface area (Å²) >= 11 is 0. The normalized spacial score (nSPS) is 22.6. The largest absolute Gasteiger partial charge is 0.469 e. The zero-order valence-electron chi connectivity index (χ0n) is 12.6. The molecule has 1 aliphatic carbocycles. The fourth-order valence-electron chi connectivity index (χ4n) is 2.47. The van der Waals surface area contributed by atoms with Gasteiger partial charge in [0.15, 0.2) is 0 Å². The zero-order chi connectivity index (χ0) is 14.5. The van der Waals surface area contributed by atoms with Crippen LogP contribution in [0, 0.1) is 11.3 Å². The SMILES string of the molecule is COC(=O)C(C)(C)CNC(=O)CC1CCCCC1N.Cl. The number of hydrogen-bond acceptors (Lipinski definition) is 4. The number of nitrogens with two attached hydrogens (primary N) is 1. The highest BCUT2D eigenvalue weighted by atomic mass is 35.5. The topological polar surface area (TPSA) is 81.4 Å². The first-order valence-corrected chi connectivity index (χ1v) is 6.97. The molecule has 1 saturated carbocycles. The average molecular weight is 307 g/mol. The lowest BCUT2D eigenvalue weighted by atomic mass is 9.83. The first kappa shape index (κ1) is 19.2. The van der Waals surface area contributed by atoms with Gasteiger partial charge in [0.2, 0.25) is 5.91 Å². The maximum absolute atomic E-state index is 11.9. The molecular formula is C14H27ClN2O3. The van der Waals surface area contributed by atoms with Gasteiger partial charge in [-0.3, -0.25) is 9.59 Å². The molecule has 0 aromatic rings. The predicted molar refractivity (Wildman–Crippen MR) is 80.6 cm³/mol. The Bertz CT molecular complexity index is 334. The Morgan fingerprint density at radius 1 is 1.30 bits per heavy atom. The van der Waals surface area contributed by atoms with Crippen LogP contribution in [0.1, 0.15) is 46.0 Å². The van der Waals surface area contributed by atoms with Gasteiger partial charge in [-0.2, -0.15) is 0 Å². The number of hydrogen-bond donors (Lipinski definition) is 2. The van der Waals surface area contributed by atoms with E-state index in [1.807, 2.05) is 0 Å². The average Bonchev–Trinajstić information content (AvgIpc) is 2.38. The van der Waals surface area contributed by atoms with Crippen LogP contribution in [-0.4, -0.2) is 31.6 Å². The molecule has 0 saturated heterocycles. The van der Waals surface area contributed by atoms with Gasteiger partial charge in [-0.25, -0.2) is 0 Å². The number of carbonyl (C=O) groups excluding carboxylic acids is 2. The molecule has 0 aromatic carbocycles. The lowest BCUT2D eigenvalue weighted by molar-refractivity contribution is -0.150.